The van der Waals surface area contributed by atoms with Crippen LogP contribution in [0.25, 0.3) is 0 Å². The molecule has 0 aromatic carbocycles. The number of aromatic nitrogens is 1. The van der Waals surface area contributed by atoms with Crippen molar-refractivity contribution in [2.45, 2.75) is 44.8 Å². The first-order valence-electron chi connectivity index (χ1n) is 6.06. The lowest BCUT2D eigenvalue weighted by atomic mass is 9.92. The smallest absolute Gasteiger partial charge is 0.243 e. The van der Waals surface area contributed by atoms with Crippen LogP contribution in [0.3, 0.4) is 0 Å². The van der Waals surface area contributed by atoms with Crippen LogP contribution >= 0.6 is 0 Å². The van der Waals surface area contributed by atoms with Gasteiger partial charge in [0.15, 0.2) is 0 Å². The molecule has 0 aliphatic carbocycles. The van der Waals surface area contributed by atoms with E-state index >= 15 is 0 Å². The number of nitrogens with one attached hydrogen (secondary N) is 2. The molecular formula is C12H19N3O3. The summed E-state index contributed by atoms with van der Waals surface area (Å²) in [5.41, 5.74) is 0.672. The Labute approximate surface area is 106 Å². The van der Waals surface area contributed by atoms with Gasteiger partial charge in [-0.2, -0.15) is 0 Å². The van der Waals surface area contributed by atoms with Gasteiger partial charge in [-0.05, 0) is 6.42 Å². The van der Waals surface area contributed by atoms with Crippen molar-refractivity contribution in [1.82, 2.24) is 10.5 Å². The molecule has 3 N–H and O–H groups in total. The highest BCUT2D eigenvalue weighted by atomic mass is 16.5. The third-order valence-electron chi connectivity index (χ3n) is 2.95. The molecule has 1 amide bonds. The number of hydrogen-bond donors (Lipinski definition) is 3. The first-order valence-corrected chi connectivity index (χ1v) is 6.06. The van der Waals surface area contributed by atoms with Gasteiger partial charge in [-0.3, -0.25) is 10.1 Å². The number of β-amino-alcohol motifs (C(OH)–C–C–N with tert-alkyl or cyclic N) is 1. The number of anilines is 1. The highest BCUT2D eigenvalue weighted by molar-refractivity contribution is 5.94. The molecule has 6 nitrogen and oxygen atoms in total. The van der Waals surface area contributed by atoms with E-state index < -0.39 is 6.10 Å². The molecule has 2 heterocycles. The fourth-order valence-electron chi connectivity index (χ4n) is 1.81. The van der Waals surface area contributed by atoms with Gasteiger partial charge in [0.05, 0.1) is 17.8 Å². The van der Waals surface area contributed by atoms with E-state index in [4.69, 9.17) is 4.52 Å². The molecule has 2 rings (SSSR count). The molecule has 0 unspecified atom stereocenters. The number of nitrogens with zero attached hydrogens (tertiary/aromatic N) is 1. The first-order chi connectivity index (χ1) is 8.36. The second kappa shape index (κ2) is 4.70. The quantitative estimate of drug-likeness (QED) is 0.719. The predicted molar refractivity (Wildman–Crippen MR) is 66.2 cm³/mol. The lowest BCUT2D eigenvalue weighted by Crippen LogP contribution is -2.35. The summed E-state index contributed by atoms with van der Waals surface area (Å²) >= 11 is 0. The van der Waals surface area contributed by atoms with Crippen molar-refractivity contribution in [1.29, 1.82) is 0 Å². The first kappa shape index (κ1) is 13.0. The third-order valence-corrected chi connectivity index (χ3v) is 2.95. The summed E-state index contributed by atoms with van der Waals surface area (Å²) in [7, 11) is 0. The molecule has 1 aliphatic rings. The topological polar surface area (TPSA) is 87.4 Å². The summed E-state index contributed by atoms with van der Waals surface area (Å²) in [6.45, 7) is 6.50. The fourth-order valence-corrected chi connectivity index (χ4v) is 1.81. The maximum Gasteiger partial charge on any atom is 0.243 e. The summed E-state index contributed by atoms with van der Waals surface area (Å²) < 4.78 is 5.08. The second-order valence-corrected chi connectivity index (χ2v) is 5.67. The number of carbonyl (C=O) groups is 1. The van der Waals surface area contributed by atoms with E-state index in [1.807, 2.05) is 20.8 Å². The Hall–Kier alpha value is -1.40. The van der Waals surface area contributed by atoms with Crippen LogP contribution in [0.1, 0.15) is 32.9 Å². The highest BCUT2D eigenvalue weighted by Gasteiger charge is 2.29. The van der Waals surface area contributed by atoms with Gasteiger partial charge in [-0.15, -0.1) is 0 Å². The van der Waals surface area contributed by atoms with Gasteiger partial charge in [0, 0.05) is 18.0 Å². The molecule has 1 aromatic rings. The molecule has 1 aliphatic heterocycles. The lowest BCUT2D eigenvalue weighted by molar-refractivity contribution is -0.118. The van der Waals surface area contributed by atoms with Crippen molar-refractivity contribution in [3.63, 3.8) is 0 Å². The molecule has 100 valence electrons. The summed E-state index contributed by atoms with van der Waals surface area (Å²) in [5.74, 6) is 0.135. The van der Waals surface area contributed by atoms with Gasteiger partial charge in [0.1, 0.15) is 0 Å². The van der Waals surface area contributed by atoms with Crippen LogP contribution in [0.15, 0.2) is 10.6 Å². The predicted octanol–water partition coefficient (Wildman–Crippen LogP) is 0.633. The molecule has 0 bridgehead atoms. The van der Waals surface area contributed by atoms with Crippen molar-refractivity contribution < 1.29 is 14.4 Å². The zero-order valence-electron chi connectivity index (χ0n) is 10.9. The van der Waals surface area contributed by atoms with Gasteiger partial charge >= 0.3 is 0 Å². The van der Waals surface area contributed by atoms with E-state index in [0.717, 1.165) is 5.69 Å². The van der Waals surface area contributed by atoms with E-state index in [0.29, 0.717) is 18.8 Å². The average Bonchev–Trinajstić information content (AvgIpc) is 2.85. The van der Waals surface area contributed by atoms with Crippen molar-refractivity contribution in [2.24, 2.45) is 0 Å². The zero-order valence-corrected chi connectivity index (χ0v) is 10.9. The Morgan fingerprint density at radius 2 is 2.33 bits per heavy atom. The van der Waals surface area contributed by atoms with Crippen LogP contribution in [0.4, 0.5) is 5.88 Å². The Morgan fingerprint density at radius 3 is 2.83 bits per heavy atom. The SMILES string of the molecule is CC(C)(C)c1cc(NC(=O)[C@@H]2C[C@@H](O)CN2)on1. The molecule has 18 heavy (non-hydrogen) atoms. The summed E-state index contributed by atoms with van der Waals surface area (Å²) in [6, 6.07) is 1.35. The monoisotopic (exact) mass is 253 g/mol. The van der Waals surface area contributed by atoms with Crippen molar-refractivity contribution in [3.8, 4) is 0 Å². The maximum absolute atomic E-state index is 11.8. The van der Waals surface area contributed by atoms with Crippen LogP contribution in [0, 0.1) is 0 Å². The molecule has 1 saturated heterocycles. The standard InChI is InChI=1S/C12H19N3O3/c1-12(2,3)9-5-10(18-15-9)14-11(17)8-4-7(16)6-13-8/h5,7-8,13,16H,4,6H2,1-3H3,(H,14,17)/t7-,8+/m1/s1. The summed E-state index contributed by atoms with van der Waals surface area (Å²) in [5, 5.41) is 18.9. The highest BCUT2D eigenvalue weighted by Crippen LogP contribution is 2.23. The molecule has 6 heteroatoms. The molecule has 0 saturated carbocycles. The van der Waals surface area contributed by atoms with Crippen molar-refractivity contribution >= 4 is 11.8 Å². The minimum atomic E-state index is -0.458. The molecule has 1 fully saturated rings. The molecule has 1 aromatic heterocycles. The normalized spacial score (nSPS) is 24.2. The number of aliphatic hydroxyl groups is 1. The Kier molecular flexibility index (Phi) is 3.41. The minimum absolute atomic E-state index is 0.117. The van der Waals surface area contributed by atoms with E-state index in [2.05, 4.69) is 15.8 Å². The number of hydrogen-bond acceptors (Lipinski definition) is 5. The third kappa shape index (κ3) is 2.88. The Morgan fingerprint density at radius 1 is 1.61 bits per heavy atom. The summed E-state index contributed by atoms with van der Waals surface area (Å²) in [4.78, 5) is 11.8. The zero-order chi connectivity index (χ0) is 13.3. The van der Waals surface area contributed by atoms with Crippen LogP contribution < -0.4 is 10.6 Å². The van der Waals surface area contributed by atoms with Gasteiger partial charge in [-0.1, -0.05) is 25.9 Å². The van der Waals surface area contributed by atoms with Gasteiger partial charge < -0.3 is 14.9 Å². The number of amides is 1. The minimum Gasteiger partial charge on any atom is -0.392 e. The van der Waals surface area contributed by atoms with Crippen LogP contribution in [-0.4, -0.2) is 34.9 Å². The van der Waals surface area contributed by atoms with E-state index in [1.54, 1.807) is 6.07 Å². The molecular weight excluding hydrogens is 234 g/mol. The second-order valence-electron chi connectivity index (χ2n) is 5.67. The largest absolute Gasteiger partial charge is 0.392 e. The average molecular weight is 253 g/mol. The number of rotatable bonds is 2. The van der Waals surface area contributed by atoms with Crippen molar-refractivity contribution in [2.75, 3.05) is 11.9 Å². The number of carbonyl (C=O) groups excluding carboxylic acids is 1. The Bertz CT molecular complexity index is 436. The lowest BCUT2D eigenvalue weighted by Gasteiger charge is -2.12. The van der Waals surface area contributed by atoms with Crippen LogP contribution in [0.2, 0.25) is 0 Å². The Balaban J connectivity index is 1.97. The van der Waals surface area contributed by atoms with E-state index in [1.165, 1.54) is 0 Å². The van der Waals surface area contributed by atoms with E-state index in [-0.39, 0.29) is 17.4 Å². The fraction of sp³-hybridized carbons (Fsp3) is 0.667. The van der Waals surface area contributed by atoms with Crippen LogP contribution in [0.5, 0.6) is 0 Å². The van der Waals surface area contributed by atoms with Crippen LogP contribution in [-0.2, 0) is 10.2 Å². The van der Waals surface area contributed by atoms with Crippen molar-refractivity contribution in [3.05, 3.63) is 11.8 Å². The maximum atomic E-state index is 11.8. The molecule has 0 radical (unpaired) electrons. The van der Waals surface area contributed by atoms with Gasteiger partial charge in [0.25, 0.3) is 0 Å². The molecule has 0 spiro atoms. The molecule has 2 atom stereocenters. The van der Waals surface area contributed by atoms with Gasteiger partial charge in [-0.25, -0.2) is 0 Å². The van der Waals surface area contributed by atoms with Gasteiger partial charge in [0.2, 0.25) is 11.8 Å². The number of aliphatic hydroxyl groups excluding tert-OH is 1. The summed E-state index contributed by atoms with van der Waals surface area (Å²) in [6.07, 6.45) is -0.0350. The van der Waals surface area contributed by atoms with E-state index in [9.17, 15) is 9.90 Å².